The molecule has 8 heteroatoms. The summed E-state index contributed by atoms with van der Waals surface area (Å²) in [6.45, 7) is 0.591. The summed E-state index contributed by atoms with van der Waals surface area (Å²) in [5.41, 5.74) is 1.59. The Kier molecular flexibility index (Phi) is 7.33. The normalized spacial score (nSPS) is 12.9. The van der Waals surface area contributed by atoms with Crippen LogP contribution >= 0.6 is 11.3 Å². The van der Waals surface area contributed by atoms with Crippen LogP contribution in [-0.4, -0.2) is 51.0 Å². The monoisotopic (exact) mass is 396 g/mol. The predicted molar refractivity (Wildman–Crippen MR) is 103 cm³/mol. The van der Waals surface area contributed by atoms with Crippen LogP contribution in [0.3, 0.4) is 0 Å². The van der Waals surface area contributed by atoms with Gasteiger partial charge in [0.05, 0.1) is 4.90 Å². The zero-order chi connectivity index (χ0) is 19.2. The number of hydrogen-bond donors (Lipinski definition) is 2. The number of aliphatic hydroxyl groups is 1. The number of thiophene rings is 1. The quantitative estimate of drug-likeness (QED) is 0.681. The maximum absolute atomic E-state index is 12.2. The average Bonchev–Trinajstić information content (AvgIpc) is 3.15. The number of amides is 1. The van der Waals surface area contributed by atoms with E-state index in [1.807, 2.05) is 11.4 Å². The van der Waals surface area contributed by atoms with Crippen molar-refractivity contribution >= 4 is 27.3 Å². The van der Waals surface area contributed by atoms with Crippen molar-refractivity contribution in [3.63, 3.8) is 0 Å². The topological polar surface area (TPSA) is 86.7 Å². The summed E-state index contributed by atoms with van der Waals surface area (Å²) in [6.07, 6.45) is 1.39. The van der Waals surface area contributed by atoms with Crippen molar-refractivity contribution in [3.8, 4) is 0 Å². The van der Waals surface area contributed by atoms with Gasteiger partial charge >= 0.3 is 0 Å². The van der Waals surface area contributed by atoms with Crippen molar-refractivity contribution in [2.45, 2.75) is 23.7 Å². The van der Waals surface area contributed by atoms with Gasteiger partial charge in [0.2, 0.25) is 10.0 Å². The van der Waals surface area contributed by atoms with Gasteiger partial charge in [-0.05, 0) is 65.4 Å². The predicted octanol–water partition coefficient (Wildman–Crippen LogP) is 2.28. The summed E-state index contributed by atoms with van der Waals surface area (Å²) in [5.74, 6) is -0.0361. The maximum Gasteiger partial charge on any atom is 0.251 e. The van der Waals surface area contributed by atoms with Gasteiger partial charge in [-0.25, -0.2) is 12.7 Å². The minimum Gasteiger partial charge on any atom is -0.396 e. The number of carbonyl (C=O) groups excluding carboxylic acids is 1. The summed E-state index contributed by atoms with van der Waals surface area (Å²) in [4.78, 5) is 12.4. The number of nitrogens with one attached hydrogen (secondary N) is 1. The van der Waals surface area contributed by atoms with E-state index in [0.717, 1.165) is 10.7 Å². The minimum atomic E-state index is -3.50. The Bertz CT molecular complexity index is 800. The number of rotatable bonds is 9. The molecule has 0 spiro atoms. The van der Waals surface area contributed by atoms with E-state index in [2.05, 4.69) is 10.7 Å². The Morgan fingerprint density at radius 3 is 2.42 bits per heavy atom. The molecule has 1 amide bonds. The number of sulfonamides is 1. The third-order valence-corrected chi connectivity index (χ3v) is 6.70. The van der Waals surface area contributed by atoms with Crippen molar-refractivity contribution in [2.75, 3.05) is 27.2 Å². The molecule has 6 nitrogen and oxygen atoms in total. The van der Waals surface area contributed by atoms with Crippen LogP contribution in [-0.2, 0) is 10.0 Å². The lowest BCUT2D eigenvalue weighted by molar-refractivity contribution is 0.0952. The molecule has 0 fully saturated rings. The molecule has 0 aliphatic rings. The number of aliphatic hydroxyl groups excluding tert-OH is 1. The van der Waals surface area contributed by atoms with Crippen LogP contribution in [0.5, 0.6) is 0 Å². The second-order valence-electron chi connectivity index (χ2n) is 6.12. The summed E-state index contributed by atoms with van der Waals surface area (Å²) < 4.78 is 25.2. The lowest BCUT2D eigenvalue weighted by Gasteiger charge is -2.15. The van der Waals surface area contributed by atoms with E-state index in [1.165, 1.54) is 43.9 Å². The Balaban J connectivity index is 1.93. The van der Waals surface area contributed by atoms with Crippen LogP contribution in [0, 0.1) is 0 Å². The molecule has 0 unspecified atom stereocenters. The van der Waals surface area contributed by atoms with Crippen molar-refractivity contribution in [2.24, 2.45) is 0 Å². The van der Waals surface area contributed by atoms with E-state index >= 15 is 0 Å². The highest BCUT2D eigenvalue weighted by Gasteiger charge is 2.18. The molecule has 2 aromatic rings. The molecule has 1 aromatic heterocycles. The molecule has 2 N–H and O–H groups in total. The highest BCUT2D eigenvalue weighted by molar-refractivity contribution is 7.89. The molecular formula is C18H24N2O4S2. The first-order valence-corrected chi connectivity index (χ1v) is 10.7. The zero-order valence-electron chi connectivity index (χ0n) is 14.9. The molecule has 0 aliphatic heterocycles. The third-order valence-electron chi connectivity index (χ3n) is 4.17. The van der Waals surface area contributed by atoms with E-state index < -0.39 is 10.0 Å². The first kappa shape index (κ1) is 20.6. The maximum atomic E-state index is 12.2. The van der Waals surface area contributed by atoms with Crippen molar-refractivity contribution in [1.29, 1.82) is 0 Å². The number of hydrogen-bond acceptors (Lipinski definition) is 5. The van der Waals surface area contributed by atoms with Crippen molar-refractivity contribution in [1.82, 2.24) is 9.62 Å². The lowest BCUT2D eigenvalue weighted by atomic mass is 9.95. The van der Waals surface area contributed by atoms with Gasteiger partial charge < -0.3 is 10.4 Å². The molecule has 0 bridgehead atoms. The Labute approximate surface area is 158 Å². The molecule has 0 radical (unpaired) electrons. The van der Waals surface area contributed by atoms with E-state index in [1.54, 1.807) is 11.3 Å². The van der Waals surface area contributed by atoms with Gasteiger partial charge in [0, 0.05) is 32.8 Å². The summed E-state index contributed by atoms with van der Waals surface area (Å²) in [5, 5.41) is 16.1. The summed E-state index contributed by atoms with van der Waals surface area (Å²) in [7, 11) is -0.571. The number of nitrogens with zero attached hydrogens (tertiary/aromatic N) is 1. The van der Waals surface area contributed by atoms with Crippen LogP contribution < -0.4 is 5.32 Å². The largest absolute Gasteiger partial charge is 0.396 e. The first-order valence-electron chi connectivity index (χ1n) is 8.30. The van der Waals surface area contributed by atoms with Gasteiger partial charge in [-0.3, -0.25) is 4.79 Å². The molecule has 0 aliphatic carbocycles. The smallest absolute Gasteiger partial charge is 0.251 e. The Morgan fingerprint density at radius 2 is 1.88 bits per heavy atom. The second-order valence-corrected chi connectivity index (χ2v) is 9.05. The average molecular weight is 397 g/mol. The molecule has 0 saturated heterocycles. The van der Waals surface area contributed by atoms with Gasteiger partial charge in [-0.2, -0.15) is 11.3 Å². The molecular weight excluding hydrogens is 372 g/mol. The zero-order valence-corrected chi connectivity index (χ0v) is 16.5. The fourth-order valence-corrected chi connectivity index (χ4v) is 4.24. The highest BCUT2D eigenvalue weighted by Crippen LogP contribution is 2.24. The van der Waals surface area contributed by atoms with E-state index in [4.69, 9.17) is 0 Å². The van der Waals surface area contributed by atoms with Crippen LogP contribution in [0.4, 0.5) is 0 Å². The van der Waals surface area contributed by atoms with Gasteiger partial charge in [0.25, 0.3) is 5.91 Å². The Hall–Kier alpha value is -1.74. The van der Waals surface area contributed by atoms with Crippen molar-refractivity contribution in [3.05, 3.63) is 52.2 Å². The number of benzene rings is 1. The van der Waals surface area contributed by atoms with Gasteiger partial charge in [0.15, 0.2) is 0 Å². The van der Waals surface area contributed by atoms with E-state index in [9.17, 15) is 18.3 Å². The molecule has 142 valence electrons. The van der Waals surface area contributed by atoms with Gasteiger partial charge in [-0.15, -0.1) is 0 Å². The highest BCUT2D eigenvalue weighted by atomic mass is 32.2. The molecule has 1 atom stereocenters. The molecule has 2 rings (SSSR count). The molecule has 26 heavy (non-hydrogen) atoms. The van der Waals surface area contributed by atoms with Crippen LogP contribution in [0.25, 0.3) is 0 Å². The van der Waals surface area contributed by atoms with Crippen LogP contribution in [0.2, 0.25) is 0 Å². The lowest BCUT2D eigenvalue weighted by Crippen LogP contribution is -2.26. The fraction of sp³-hybridized carbons (Fsp3) is 0.389. The van der Waals surface area contributed by atoms with E-state index in [-0.39, 0.29) is 23.3 Å². The molecule has 1 heterocycles. The Morgan fingerprint density at radius 1 is 1.19 bits per heavy atom. The van der Waals surface area contributed by atoms with Crippen LogP contribution in [0.15, 0.2) is 46.0 Å². The van der Waals surface area contributed by atoms with Crippen LogP contribution in [0.1, 0.15) is 34.7 Å². The minimum absolute atomic E-state index is 0.107. The standard InChI is InChI=1S/C18H24N2O4S2/c1-20(2)26(23,24)17-5-3-15(4-6-17)18(22)19-10-7-14(8-11-21)16-9-12-25-13-16/h3-6,9,12-14,21H,7-8,10-11H2,1-2H3,(H,19,22)/t14-/m0/s1. The number of carbonyl (C=O) groups is 1. The summed E-state index contributed by atoms with van der Waals surface area (Å²) in [6, 6.07) is 7.93. The third kappa shape index (κ3) is 5.14. The van der Waals surface area contributed by atoms with E-state index in [0.29, 0.717) is 18.5 Å². The fourth-order valence-electron chi connectivity index (χ4n) is 2.59. The van der Waals surface area contributed by atoms with Gasteiger partial charge in [0.1, 0.15) is 0 Å². The van der Waals surface area contributed by atoms with Gasteiger partial charge in [-0.1, -0.05) is 0 Å². The SMILES string of the molecule is CN(C)S(=O)(=O)c1ccc(C(=O)NCC[C@@H](CCO)c2ccsc2)cc1. The summed E-state index contributed by atoms with van der Waals surface area (Å²) >= 11 is 1.61. The first-order chi connectivity index (χ1) is 12.4. The molecule has 1 aromatic carbocycles. The second kappa shape index (κ2) is 9.27. The van der Waals surface area contributed by atoms with Crippen molar-refractivity contribution < 1.29 is 18.3 Å². The molecule has 0 saturated carbocycles.